The molecule has 120 valence electrons. The van der Waals surface area contributed by atoms with E-state index in [0.29, 0.717) is 0 Å². The summed E-state index contributed by atoms with van der Waals surface area (Å²) in [4.78, 5) is 11.6. The van der Waals surface area contributed by atoms with Gasteiger partial charge in [0, 0.05) is 33.3 Å². The number of rotatable bonds is 13. The Morgan fingerprint density at radius 2 is 1.55 bits per heavy atom. The maximum Gasteiger partial charge on any atom is 0.500 e. The van der Waals surface area contributed by atoms with E-state index in [9.17, 15) is 4.79 Å². The molecule has 0 bridgehead atoms. The zero-order valence-electron chi connectivity index (χ0n) is 13.3. The summed E-state index contributed by atoms with van der Waals surface area (Å²) in [7, 11) is 2.35. The molecule has 1 atom stereocenters. The van der Waals surface area contributed by atoms with Crippen molar-refractivity contribution in [3.63, 3.8) is 0 Å². The highest BCUT2D eigenvalue weighted by Crippen LogP contribution is 2.23. The van der Waals surface area contributed by atoms with Gasteiger partial charge >= 0.3 is 8.80 Å². The van der Waals surface area contributed by atoms with Gasteiger partial charge in [0.25, 0.3) is 0 Å². The fraction of sp³-hybridized carbons (Fsp3) is 0.929. The standard InChI is InChI=1S/C14H30O4SSi/c1-5-6-7-8-10-13(14(15)19)11-9-12-20(16-2,17-3)18-4/h13H,5-12H2,1-4H3,(H,15,19). The van der Waals surface area contributed by atoms with Crippen LogP contribution in [-0.4, -0.2) is 35.2 Å². The van der Waals surface area contributed by atoms with E-state index < -0.39 is 8.80 Å². The quantitative estimate of drug-likeness (QED) is 0.319. The molecule has 0 spiro atoms. The predicted octanol–water partition coefficient (Wildman–Crippen LogP) is 3.69. The Bertz CT molecular complexity index is 251. The summed E-state index contributed by atoms with van der Waals surface area (Å²) >= 11 is 4.01. The summed E-state index contributed by atoms with van der Waals surface area (Å²) < 4.78 is 16.1. The van der Waals surface area contributed by atoms with E-state index in [1.807, 2.05) is 0 Å². The van der Waals surface area contributed by atoms with Crippen LogP contribution >= 0.6 is 12.6 Å². The molecule has 20 heavy (non-hydrogen) atoms. The molecular weight excluding hydrogens is 292 g/mol. The van der Waals surface area contributed by atoms with Gasteiger partial charge in [0.1, 0.15) is 0 Å². The monoisotopic (exact) mass is 322 g/mol. The van der Waals surface area contributed by atoms with Crippen LogP contribution in [0.25, 0.3) is 0 Å². The lowest BCUT2D eigenvalue weighted by molar-refractivity contribution is -0.114. The fourth-order valence-corrected chi connectivity index (χ4v) is 4.34. The molecule has 4 nitrogen and oxygen atoms in total. The van der Waals surface area contributed by atoms with Crippen LogP contribution in [-0.2, 0) is 18.1 Å². The molecule has 0 N–H and O–H groups in total. The van der Waals surface area contributed by atoms with E-state index >= 15 is 0 Å². The normalized spacial score (nSPS) is 13.4. The molecule has 0 aromatic rings. The van der Waals surface area contributed by atoms with Gasteiger partial charge in [-0.25, -0.2) is 0 Å². The number of carbonyl (C=O) groups excluding carboxylic acids is 1. The lowest BCUT2D eigenvalue weighted by Crippen LogP contribution is -2.42. The summed E-state index contributed by atoms with van der Waals surface area (Å²) in [5.41, 5.74) is 0. The van der Waals surface area contributed by atoms with Gasteiger partial charge in [-0.2, -0.15) is 0 Å². The average molecular weight is 323 g/mol. The third kappa shape index (κ3) is 7.78. The molecule has 0 radical (unpaired) electrons. The van der Waals surface area contributed by atoms with Crippen LogP contribution in [0.4, 0.5) is 0 Å². The minimum absolute atomic E-state index is 0.000940. The van der Waals surface area contributed by atoms with E-state index in [2.05, 4.69) is 19.6 Å². The Balaban J connectivity index is 4.11. The van der Waals surface area contributed by atoms with Crippen LogP contribution in [0.1, 0.15) is 51.9 Å². The molecule has 0 heterocycles. The van der Waals surface area contributed by atoms with Crippen LogP contribution in [0.15, 0.2) is 0 Å². The third-order valence-electron chi connectivity index (χ3n) is 3.72. The van der Waals surface area contributed by atoms with Crippen molar-refractivity contribution in [3.05, 3.63) is 0 Å². The number of hydrogen-bond donors (Lipinski definition) is 1. The van der Waals surface area contributed by atoms with E-state index in [-0.39, 0.29) is 11.0 Å². The highest BCUT2D eigenvalue weighted by molar-refractivity contribution is 7.96. The van der Waals surface area contributed by atoms with Crippen molar-refractivity contribution < 1.29 is 18.1 Å². The summed E-state index contributed by atoms with van der Waals surface area (Å²) in [5, 5.41) is 0.000940. The molecule has 0 aliphatic carbocycles. The first-order chi connectivity index (χ1) is 9.55. The lowest BCUT2D eigenvalue weighted by Gasteiger charge is -2.24. The van der Waals surface area contributed by atoms with Crippen LogP contribution in [0, 0.1) is 5.92 Å². The summed E-state index contributed by atoms with van der Waals surface area (Å²) in [6.45, 7) is 2.19. The van der Waals surface area contributed by atoms with E-state index in [1.54, 1.807) is 21.3 Å². The maximum absolute atomic E-state index is 11.6. The topological polar surface area (TPSA) is 44.8 Å². The minimum atomic E-state index is -2.50. The Morgan fingerprint density at radius 1 is 1.00 bits per heavy atom. The van der Waals surface area contributed by atoms with Crippen LogP contribution in [0.2, 0.25) is 6.04 Å². The highest BCUT2D eigenvalue weighted by atomic mass is 32.1. The zero-order chi connectivity index (χ0) is 15.4. The average Bonchev–Trinajstić information content (AvgIpc) is 2.46. The van der Waals surface area contributed by atoms with Crippen molar-refractivity contribution in [2.75, 3.05) is 21.3 Å². The largest absolute Gasteiger partial charge is 0.500 e. The summed E-state index contributed by atoms with van der Waals surface area (Å²) in [6, 6.07) is 0.739. The summed E-state index contributed by atoms with van der Waals surface area (Å²) in [6.07, 6.45) is 7.38. The second kappa shape index (κ2) is 11.7. The molecule has 0 rings (SSSR count). The van der Waals surface area contributed by atoms with Crippen LogP contribution in [0.3, 0.4) is 0 Å². The summed E-state index contributed by atoms with van der Waals surface area (Å²) in [5.74, 6) is 0.0486. The number of hydrogen-bond acceptors (Lipinski definition) is 4. The number of unbranched alkanes of at least 4 members (excludes halogenated alkanes) is 3. The van der Waals surface area contributed by atoms with Gasteiger partial charge in [0.2, 0.25) is 0 Å². The molecule has 0 saturated heterocycles. The van der Waals surface area contributed by atoms with Gasteiger partial charge in [-0.3, -0.25) is 4.79 Å². The molecule has 6 heteroatoms. The van der Waals surface area contributed by atoms with Gasteiger partial charge < -0.3 is 13.3 Å². The number of carbonyl (C=O) groups is 1. The molecule has 0 aliphatic heterocycles. The van der Waals surface area contributed by atoms with Crippen molar-refractivity contribution >= 4 is 26.5 Å². The van der Waals surface area contributed by atoms with Crippen molar-refractivity contribution in [1.29, 1.82) is 0 Å². The van der Waals surface area contributed by atoms with Crippen molar-refractivity contribution in [2.45, 2.75) is 57.9 Å². The second-order valence-corrected chi connectivity index (χ2v) is 8.60. The minimum Gasteiger partial charge on any atom is -0.377 e. The van der Waals surface area contributed by atoms with Gasteiger partial charge in [0.15, 0.2) is 5.12 Å². The second-order valence-electron chi connectivity index (χ2n) is 5.07. The molecule has 0 aliphatic rings. The third-order valence-corrected chi connectivity index (χ3v) is 6.92. The molecule has 0 aromatic heterocycles. The van der Waals surface area contributed by atoms with Crippen molar-refractivity contribution in [3.8, 4) is 0 Å². The van der Waals surface area contributed by atoms with E-state index in [0.717, 1.165) is 31.7 Å². The first kappa shape index (κ1) is 20.1. The fourth-order valence-electron chi connectivity index (χ4n) is 2.33. The zero-order valence-corrected chi connectivity index (χ0v) is 15.2. The SMILES string of the molecule is CCCCCCC(CCC[Si](OC)(OC)OC)C(=O)S. The van der Waals surface area contributed by atoms with Gasteiger partial charge in [-0.1, -0.05) is 32.6 Å². The molecular formula is C14H30O4SSi. The van der Waals surface area contributed by atoms with Crippen LogP contribution < -0.4 is 0 Å². The van der Waals surface area contributed by atoms with Crippen molar-refractivity contribution in [1.82, 2.24) is 0 Å². The Labute approximate surface area is 130 Å². The van der Waals surface area contributed by atoms with Gasteiger partial charge in [0.05, 0.1) is 0 Å². The smallest absolute Gasteiger partial charge is 0.377 e. The lowest BCUT2D eigenvalue weighted by atomic mass is 9.97. The maximum atomic E-state index is 11.6. The molecule has 0 aromatic carbocycles. The molecule has 0 fully saturated rings. The Hall–Kier alpha value is 0.117. The molecule has 1 unspecified atom stereocenters. The Kier molecular flexibility index (Phi) is 11.8. The van der Waals surface area contributed by atoms with E-state index in [4.69, 9.17) is 13.3 Å². The van der Waals surface area contributed by atoms with E-state index in [1.165, 1.54) is 19.3 Å². The van der Waals surface area contributed by atoms with Crippen LogP contribution in [0.5, 0.6) is 0 Å². The number of thiol groups is 1. The molecule has 0 amide bonds. The van der Waals surface area contributed by atoms with Gasteiger partial charge in [-0.05, 0) is 19.3 Å². The highest BCUT2D eigenvalue weighted by Gasteiger charge is 2.37. The van der Waals surface area contributed by atoms with Crippen molar-refractivity contribution in [2.24, 2.45) is 5.92 Å². The molecule has 0 saturated carbocycles. The van der Waals surface area contributed by atoms with Gasteiger partial charge in [-0.15, -0.1) is 12.6 Å². The Morgan fingerprint density at radius 3 is 2.00 bits per heavy atom. The first-order valence-electron chi connectivity index (χ1n) is 7.43. The predicted molar refractivity (Wildman–Crippen MR) is 87.1 cm³/mol. The first-order valence-corrected chi connectivity index (χ1v) is 9.81.